The molecule has 0 spiro atoms. The number of rotatable bonds is 3. The first-order chi connectivity index (χ1) is 12.1. The van der Waals surface area contributed by atoms with Gasteiger partial charge in [-0.05, 0) is 41.5 Å². The molecule has 136 valence electrons. The van der Waals surface area contributed by atoms with Crippen LogP contribution in [0.4, 0.5) is 13.2 Å². The number of alkyl halides is 3. The molecule has 0 saturated heterocycles. The number of hydrogen-bond donors (Lipinski definition) is 1. The van der Waals surface area contributed by atoms with Crippen molar-refractivity contribution < 1.29 is 18.3 Å². The third-order valence-electron chi connectivity index (χ3n) is 4.53. The molecule has 0 amide bonds. The summed E-state index contributed by atoms with van der Waals surface area (Å²) in [6.45, 7) is 1.29. The lowest BCUT2D eigenvalue weighted by Crippen LogP contribution is -2.46. The molecule has 3 rings (SSSR count). The zero-order valence-corrected chi connectivity index (χ0v) is 15.1. The fraction of sp³-hybridized carbons (Fsp3) is 0.211. The van der Waals surface area contributed by atoms with Gasteiger partial charge in [-0.1, -0.05) is 48.3 Å². The third kappa shape index (κ3) is 3.15. The summed E-state index contributed by atoms with van der Waals surface area (Å²) in [5.41, 5.74) is -2.71. The molecule has 0 aliphatic rings. The van der Waals surface area contributed by atoms with Crippen LogP contribution in [-0.2, 0) is 5.60 Å². The van der Waals surface area contributed by atoms with Gasteiger partial charge in [-0.15, -0.1) is 0 Å². The molecule has 3 aromatic rings. The second-order valence-electron chi connectivity index (χ2n) is 6.06. The Balaban J connectivity index is 2.19. The standard InChI is InChI=1S/C19H14Cl2F3NO/c1-11(15-6-5-14(20)10-16(15)21)18(26,19(22,23)24)13-4-7-17-12(9-13)3-2-8-25-17/h2-11,26H,1H3. The molecule has 1 N–H and O–H groups in total. The van der Waals surface area contributed by atoms with E-state index >= 15 is 0 Å². The highest BCUT2D eigenvalue weighted by atomic mass is 35.5. The minimum atomic E-state index is -4.93. The highest BCUT2D eigenvalue weighted by Crippen LogP contribution is 2.50. The van der Waals surface area contributed by atoms with Crippen LogP contribution in [0.25, 0.3) is 10.9 Å². The van der Waals surface area contributed by atoms with Crippen molar-refractivity contribution in [2.75, 3.05) is 0 Å². The minimum Gasteiger partial charge on any atom is -0.376 e. The second kappa shape index (κ2) is 6.72. The van der Waals surface area contributed by atoms with Gasteiger partial charge in [0.2, 0.25) is 0 Å². The van der Waals surface area contributed by atoms with Crippen LogP contribution in [0, 0.1) is 0 Å². The molecular formula is C19H14Cl2F3NO. The number of pyridine rings is 1. The van der Waals surface area contributed by atoms with Gasteiger partial charge in [-0.2, -0.15) is 13.2 Å². The van der Waals surface area contributed by atoms with E-state index in [1.54, 1.807) is 18.3 Å². The van der Waals surface area contributed by atoms with E-state index in [4.69, 9.17) is 23.2 Å². The van der Waals surface area contributed by atoms with E-state index in [0.29, 0.717) is 15.9 Å². The molecule has 0 radical (unpaired) electrons. The van der Waals surface area contributed by atoms with E-state index in [2.05, 4.69) is 4.98 Å². The maximum Gasteiger partial charge on any atom is 0.422 e. The van der Waals surface area contributed by atoms with Gasteiger partial charge in [0.15, 0.2) is 5.60 Å². The number of aromatic nitrogens is 1. The summed E-state index contributed by atoms with van der Waals surface area (Å²) in [4.78, 5) is 4.09. The van der Waals surface area contributed by atoms with Crippen LogP contribution in [0.2, 0.25) is 10.0 Å². The Kier molecular flexibility index (Phi) is 4.90. The maximum absolute atomic E-state index is 14.0. The molecule has 2 nitrogen and oxygen atoms in total. The van der Waals surface area contributed by atoms with Gasteiger partial charge in [0.1, 0.15) is 0 Å². The molecule has 0 saturated carbocycles. The molecule has 1 aromatic heterocycles. The van der Waals surface area contributed by atoms with E-state index < -0.39 is 17.7 Å². The summed E-state index contributed by atoms with van der Waals surface area (Å²) >= 11 is 11.9. The van der Waals surface area contributed by atoms with E-state index in [9.17, 15) is 18.3 Å². The summed E-state index contributed by atoms with van der Waals surface area (Å²) in [6, 6.07) is 11.5. The Hall–Kier alpha value is -1.82. The topological polar surface area (TPSA) is 33.1 Å². The summed E-state index contributed by atoms with van der Waals surface area (Å²) in [5.74, 6) is -1.36. The predicted molar refractivity (Wildman–Crippen MR) is 96.6 cm³/mol. The molecule has 1 heterocycles. The van der Waals surface area contributed by atoms with Crippen molar-refractivity contribution in [3.63, 3.8) is 0 Å². The first kappa shape index (κ1) is 19.0. The van der Waals surface area contributed by atoms with E-state index in [-0.39, 0.29) is 16.1 Å². The Morgan fingerprint density at radius 3 is 2.42 bits per heavy atom. The molecule has 2 aromatic carbocycles. The van der Waals surface area contributed by atoms with E-state index in [1.807, 2.05) is 0 Å². The summed E-state index contributed by atoms with van der Waals surface area (Å²) in [5, 5.41) is 11.7. The second-order valence-corrected chi connectivity index (χ2v) is 6.91. The van der Waals surface area contributed by atoms with Crippen LogP contribution in [0.1, 0.15) is 24.0 Å². The normalized spacial score (nSPS) is 15.7. The average Bonchev–Trinajstić information content (AvgIpc) is 2.59. The largest absolute Gasteiger partial charge is 0.422 e. The van der Waals surface area contributed by atoms with Gasteiger partial charge in [-0.25, -0.2) is 0 Å². The number of halogens is 5. The fourth-order valence-corrected chi connectivity index (χ4v) is 3.62. The van der Waals surface area contributed by atoms with Crippen LogP contribution >= 0.6 is 23.2 Å². The average molecular weight is 400 g/mol. The predicted octanol–water partition coefficient (Wildman–Crippen LogP) is 6.10. The number of hydrogen-bond acceptors (Lipinski definition) is 2. The zero-order valence-electron chi connectivity index (χ0n) is 13.6. The number of aliphatic hydroxyl groups is 1. The van der Waals surface area contributed by atoms with Crippen molar-refractivity contribution in [2.24, 2.45) is 0 Å². The van der Waals surface area contributed by atoms with Gasteiger partial charge in [0, 0.05) is 27.5 Å². The van der Waals surface area contributed by atoms with Crippen molar-refractivity contribution in [1.29, 1.82) is 0 Å². The van der Waals surface area contributed by atoms with Crippen LogP contribution < -0.4 is 0 Å². The Bertz CT molecular complexity index is 961. The van der Waals surface area contributed by atoms with Crippen molar-refractivity contribution in [3.8, 4) is 0 Å². The zero-order chi connectivity index (χ0) is 19.1. The molecule has 0 bridgehead atoms. The summed E-state index contributed by atoms with van der Waals surface area (Å²) in [7, 11) is 0. The van der Waals surface area contributed by atoms with Crippen LogP contribution in [0.5, 0.6) is 0 Å². The molecule has 0 aliphatic carbocycles. The molecule has 0 fully saturated rings. The monoisotopic (exact) mass is 399 g/mol. The van der Waals surface area contributed by atoms with Crippen molar-refractivity contribution in [3.05, 3.63) is 75.9 Å². The summed E-state index contributed by atoms with van der Waals surface area (Å²) < 4.78 is 42.0. The van der Waals surface area contributed by atoms with Crippen LogP contribution in [-0.4, -0.2) is 16.3 Å². The lowest BCUT2D eigenvalue weighted by atomic mass is 9.77. The number of fused-ring (bicyclic) bond motifs is 1. The Morgan fingerprint density at radius 1 is 1.04 bits per heavy atom. The summed E-state index contributed by atoms with van der Waals surface area (Å²) in [6.07, 6.45) is -3.38. The smallest absolute Gasteiger partial charge is 0.376 e. The van der Waals surface area contributed by atoms with Crippen molar-refractivity contribution in [2.45, 2.75) is 24.6 Å². The lowest BCUT2D eigenvalue weighted by molar-refractivity contribution is -0.274. The Morgan fingerprint density at radius 2 is 1.77 bits per heavy atom. The van der Waals surface area contributed by atoms with Gasteiger partial charge >= 0.3 is 6.18 Å². The van der Waals surface area contributed by atoms with E-state index in [0.717, 1.165) is 0 Å². The van der Waals surface area contributed by atoms with Gasteiger partial charge < -0.3 is 5.11 Å². The quantitative estimate of drug-likeness (QED) is 0.577. The SMILES string of the molecule is CC(c1ccc(Cl)cc1Cl)C(O)(c1ccc2ncccc2c1)C(F)(F)F. The first-order valence-corrected chi connectivity index (χ1v) is 8.49. The number of nitrogens with zero attached hydrogens (tertiary/aromatic N) is 1. The molecule has 26 heavy (non-hydrogen) atoms. The highest BCUT2D eigenvalue weighted by molar-refractivity contribution is 6.35. The Labute approximate surface area is 158 Å². The van der Waals surface area contributed by atoms with Gasteiger partial charge in [-0.3, -0.25) is 4.98 Å². The molecule has 7 heteroatoms. The molecule has 2 unspecified atom stereocenters. The van der Waals surface area contributed by atoms with Gasteiger partial charge in [0.05, 0.1) is 5.52 Å². The van der Waals surface area contributed by atoms with Crippen LogP contribution in [0.3, 0.4) is 0 Å². The third-order valence-corrected chi connectivity index (χ3v) is 5.09. The molecule has 2 atom stereocenters. The molecular weight excluding hydrogens is 386 g/mol. The maximum atomic E-state index is 14.0. The first-order valence-electron chi connectivity index (χ1n) is 7.74. The van der Waals surface area contributed by atoms with Crippen molar-refractivity contribution in [1.82, 2.24) is 4.98 Å². The minimum absolute atomic E-state index is 0.0649. The van der Waals surface area contributed by atoms with Crippen molar-refractivity contribution >= 4 is 34.1 Å². The lowest BCUT2D eigenvalue weighted by Gasteiger charge is -2.37. The highest BCUT2D eigenvalue weighted by Gasteiger charge is 2.58. The fourth-order valence-electron chi connectivity index (χ4n) is 3.05. The number of benzene rings is 2. The van der Waals surface area contributed by atoms with Gasteiger partial charge in [0.25, 0.3) is 0 Å². The molecule has 0 aliphatic heterocycles. The van der Waals surface area contributed by atoms with E-state index in [1.165, 1.54) is 43.3 Å². The van der Waals surface area contributed by atoms with Crippen LogP contribution in [0.15, 0.2) is 54.7 Å².